The van der Waals surface area contributed by atoms with Crippen molar-refractivity contribution in [3.63, 3.8) is 0 Å². The molecule has 2 heteroatoms. The molecule has 0 aliphatic heterocycles. The Morgan fingerprint density at radius 2 is 2.20 bits per heavy atom. The fourth-order valence-electron chi connectivity index (χ4n) is 2.33. The summed E-state index contributed by atoms with van der Waals surface area (Å²) in [5, 5.41) is 0. The molecule has 1 unspecified atom stereocenters. The molecule has 0 aromatic carbocycles. The van der Waals surface area contributed by atoms with Gasteiger partial charge in [-0.15, -0.1) is 0 Å². The van der Waals surface area contributed by atoms with E-state index in [4.69, 9.17) is 0 Å². The minimum absolute atomic E-state index is 0.112. The molecule has 0 amide bonds. The predicted octanol–water partition coefficient (Wildman–Crippen LogP) is 3.01. The van der Waals surface area contributed by atoms with Crippen LogP contribution in [0.3, 0.4) is 0 Å². The average molecular weight is 203 g/mol. The van der Waals surface area contributed by atoms with Crippen LogP contribution in [0.15, 0.2) is 18.5 Å². The Kier molecular flexibility index (Phi) is 3.14. The van der Waals surface area contributed by atoms with Crippen LogP contribution in [0, 0.1) is 6.92 Å². The lowest BCUT2D eigenvalue weighted by atomic mass is 9.89. The summed E-state index contributed by atoms with van der Waals surface area (Å²) < 4.78 is 0. The van der Waals surface area contributed by atoms with Crippen LogP contribution in [0.5, 0.6) is 0 Å². The largest absolute Gasteiger partial charge is 0.299 e. The van der Waals surface area contributed by atoms with Crippen molar-refractivity contribution in [3.05, 3.63) is 29.6 Å². The Morgan fingerprint density at radius 3 is 3.00 bits per heavy atom. The number of aryl methyl sites for hydroxylation is 1. The van der Waals surface area contributed by atoms with Gasteiger partial charge < -0.3 is 0 Å². The molecular weight excluding hydrogens is 186 g/mol. The highest BCUT2D eigenvalue weighted by atomic mass is 16.1. The number of hydrogen-bond acceptors (Lipinski definition) is 2. The SMILES string of the molecule is Cc1ccncc1C1CCCCCC1=O. The van der Waals surface area contributed by atoms with E-state index in [0.29, 0.717) is 5.78 Å². The van der Waals surface area contributed by atoms with Crippen molar-refractivity contribution < 1.29 is 4.79 Å². The van der Waals surface area contributed by atoms with Crippen molar-refractivity contribution in [2.45, 2.75) is 44.9 Å². The summed E-state index contributed by atoms with van der Waals surface area (Å²) in [6.07, 6.45) is 8.84. The molecule has 80 valence electrons. The zero-order valence-corrected chi connectivity index (χ0v) is 9.20. The van der Waals surface area contributed by atoms with E-state index in [9.17, 15) is 4.79 Å². The minimum atomic E-state index is 0.112. The van der Waals surface area contributed by atoms with E-state index in [1.165, 1.54) is 18.4 Å². The van der Waals surface area contributed by atoms with Crippen molar-refractivity contribution in [2.24, 2.45) is 0 Å². The van der Waals surface area contributed by atoms with Gasteiger partial charge in [-0.05, 0) is 37.0 Å². The average Bonchev–Trinajstić information content (AvgIpc) is 2.44. The van der Waals surface area contributed by atoms with Crippen LogP contribution in [0.2, 0.25) is 0 Å². The molecule has 0 bridgehead atoms. The third-order valence-corrected chi connectivity index (χ3v) is 3.26. The highest BCUT2D eigenvalue weighted by molar-refractivity contribution is 5.86. The first kappa shape index (κ1) is 10.3. The Morgan fingerprint density at radius 1 is 1.33 bits per heavy atom. The van der Waals surface area contributed by atoms with Crippen molar-refractivity contribution in [2.75, 3.05) is 0 Å². The van der Waals surface area contributed by atoms with E-state index in [1.807, 2.05) is 12.3 Å². The molecule has 0 saturated heterocycles. The maximum atomic E-state index is 11.9. The van der Waals surface area contributed by atoms with Crippen molar-refractivity contribution in [3.8, 4) is 0 Å². The van der Waals surface area contributed by atoms with Gasteiger partial charge in [0, 0.05) is 24.7 Å². The van der Waals surface area contributed by atoms with E-state index in [0.717, 1.165) is 24.8 Å². The highest BCUT2D eigenvalue weighted by Crippen LogP contribution is 2.30. The molecule has 1 heterocycles. The van der Waals surface area contributed by atoms with Gasteiger partial charge in [-0.2, -0.15) is 0 Å². The quantitative estimate of drug-likeness (QED) is 0.657. The van der Waals surface area contributed by atoms with E-state index >= 15 is 0 Å². The molecular formula is C13H17NO. The molecule has 0 spiro atoms. The molecule has 1 aromatic heterocycles. The molecule has 1 aliphatic rings. The Balaban J connectivity index is 2.28. The molecule has 1 atom stereocenters. The van der Waals surface area contributed by atoms with Gasteiger partial charge in [0.25, 0.3) is 0 Å². The summed E-state index contributed by atoms with van der Waals surface area (Å²) in [5.74, 6) is 0.518. The minimum Gasteiger partial charge on any atom is -0.299 e. The summed E-state index contributed by atoms with van der Waals surface area (Å²) in [6, 6.07) is 1.99. The van der Waals surface area contributed by atoms with Crippen molar-refractivity contribution >= 4 is 5.78 Å². The van der Waals surface area contributed by atoms with Crippen LogP contribution in [0.1, 0.15) is 49.1 Å². The van der Waals surface area contributed by atoms with Gasteiger partial charge >= 0.3 is 0 Å². The maximum absolute atomic E-state index is 11.9. The number of carbonyl (C=O) groups is 1. The molecule has 0 N–H and O–H groups in total. The van der Waals surface area contributed by atoms with Crippen molar-refractivity contribution in [1.82, 2.24) is 4.98 Å². The first-order valence-corrected chi connectivity index (χ1v) is 5.72. The fraction of sp³-hybridized carbons (Fsp3) is 0.538. The van der Waals surface area contributed by atoms with Gasteiger partial charge in [0.05, 0.1) is 0 Å². The van der Waals surface area contributed by atoms with Crippen LogP contribution in [0.4, 0.5) is 0 Å². The van der Waals surface area contributed by atoms with Crippen LogP contribution in [0.25, 0.3) is 0 Å². The smallest absolute Gasteiger partial charge is 0.140 e. The Hall–Kier alpha value is -1.18. The number of pyridine rings is 1. The predicted molar refractivity (Wildman–Crippen MR) is 59.8 cm³/mol. The van der Waals surface area contributed by atoms with Gasteiger partial charge in [-0.3, -0.25) is 9.78 Å². The summed E-state index contributed by atoms with van der Waals surface area (Å²) >= 11 is 0. The van der Waals surface area contributed by atoms with Crippen LogP contribution in [-0.4, -0.2) is 10.8 Å². The number of Topliss-reactive ketones (excluding diaryl/α,β-unsaturated/α-hetero) is 1. The highest BCUT2D eigenvalue weighted by Gasteiger charge is 2.23. The van der Waals surface area contributed by atoms with Gasteiger partial charge in [0.2, 0.25) is 0 Å². The van der Waals surface area contributed by atoms with Gasteiger partial charge in [-0.25, -0.2) is 0 Å². The number of nitrogens with zero attached hydrogens (tertiary/aromatic N) is 1. The van der Waals surface area contributed by atoms with Crippen LogP contribution < -0.4 is 0 Å². The second-order valence-corrected chi connectivity index (χ2v) is 4.35. The van der Waals surface area contributed by atoms with E-state index in [-0.39, 0.29) is 5.92 Å². The molecule has 2 rings (SSSR count). The standard InChI is InChI=1S/C13H17NO/c1-10-7-8-14-9-12(10)11-5-3-2-4-6-13(11)15/h7-9,11H,2-6H2,1H3. The first-order chi connectivity index (χ1) is 7.29. The first-order valence-electron chi connectivity index (χ1n) is 5.72. The summed E-state index contributed by atoms with van der Waals surface area (Å²) in [5.41, 5.74) is 2.34. The summed E-state index contributed by atoms with van der Waals surface area (Å²) in [4.78, 5) is 16.1. The molecule has 15 heavy (non-hydrogen) atoms. The lowest BCUT2D eigenvalue weighted by Crippen LogP contribution is -2.12. The topological polar surface area (TPSA) is 30.0 Å². The number of hydrogen-bond donors (Lipinski definition) is 0. The fourth-order valence-corrected chi connectivity index (χ4v) is 2.33. The Bertz CT molecular complexity index is 359. The second kappa shape index (κ2) is 4.56. The lowest BCUT2D eigenvalue weighted by Gasteiger charge is -2.14. The molecule has 1 saturated carbocycles. The third kappa shape index (κ3) is 2.25. The normalized spacial score (nSPS) is 22.5. The molecule has 2 nitrogen and oxygen atoms in total. The maximum Gasteiger partial charge on any atom is 0.140 e. The monoisotopic (exact) mass is 203 g/mol. The number of carbonyl (C=O) groups excluding carboxylic acids is 1. The van der Waals surface area contributed by atoms with E-state index in [1.54, 1.807) is 6.20 Å². The molecule has 1 fully saturated rings. The van der Waals surface area contributed by atoms with Crippen LogP contribution >= 0.6 is 0 Å². The number of ketones is 1. The van der Waals surface area contributed by atoms with E-state index < -0.39 is 0 Å². The summed E-state index contributed by atoms with van der Waals surface area (Å²) in [6.45, 7) is 2.06. The van der Waals surface area contributed by atoms with E-state index in [2.05, 4.69) is 11.9 Å². The van der Waals surface area contributed by atoms with Gasteiger partial charge in [0.1, 0.15) is 5.78 Å². The Labute approximate surface area is 90.7 Å². The zero-order chi connectivity index (χ0) is 10.7. The van der Waals surface area contributed by atoms with Gasteiger partial charge in [-0.1, -0.05) is 12.8 Å². The van der Waals surface area contributed by atoms with Crippen molar-refractivity contribution in [1.29, 1.82) is 0 Å². The zero-order valence-electron chi connectivity index (χ0n) is 9.20. The lowest BCUT2D eigenvalue weighted by molar-refractivity contribution is -0.120. The number of rotatable bonds is 1. The molecule has 0 radical (unpaired) electrons. The molecule has 1 aromatic rings. The van der Waals surface area contributed by atoms with Gasteiger partial charge in [0.15, 0.2) is 0 Å². The molecule has 1 aliphatic carbocycles. The van der Waals surface area contributed by atoms with Crippen LogP contribution in [-0.2, 0) is 4.79 Å². The summed E-state index contributed by atoms with van der Waals surface area (Å²) in [7, 11) is 0. The third-order valence-electron chi connectivity index (χ3n) is 3.26. The second-order valence-electron chi connectivity index (χ2n) is 4.35. The number of aromatic nitrogens is 1.